The molecule has 2 aliphatic heterocycles. The third kappa shape index (κ3) is 4.07. The molecule has 2 aromatic rings. The highest BCUT2D eigenvalue weighted by molar-refractivity contribution is 7.17. The van der Waals surface area contributed by atoms with Crippen LogP contribution in [0.1, 0.15) is 64.9 Å². The van der Waals surface area contributed by atoms with Gasteiger partial charge in [-0.05, 0) is 38.7 Å². The van der Waals surface area contributed by atoms with E-state index in [2.05, 4.69) is 15.3 Å². The van der Waals surface area contributed by atoms with Crippen LogP contribution in [0.25, 0.3) is 10.4 Å². The van der Waals surface area contributed by atoms with Crippen molar-refractivity contribution in [2.24, 2.45) is 0 Å². The summed E-state index contributed by atoms with van der Waals surface area (Å²) in [5.74, 6) is -0.804. The highest BCUT2D eigenvalue weighted by atomic mass is 32.1. The lowest BCUT2D eigenvalue weighted by Crippen LogP contribution is -2.35. The number of carbonyl (C=O) groups is 2. The largest absolute Gasteiger partial charge is 0.408 e. The molecule has 0 saturated carbocycles. The SMILES string of the molecule is C[C@H](Nc1cc(C(F)F)c(-c2sc(C=O)nc2C(=O)N2C3CCC2CC3)cn1)C(F)(F)F. The van der Waals surface area contributed by atoms with Crippen molar-refractivity contribution in [3.63, 3.8) is 0 Å². The predicted molar refractivity (Wildman–Crippen MR) is 107 cm³/mol. The number of carbonyl (C=O) groups excluding carboxylic acids is 2. The van der Waals surface area contributed by atoms with Gasteiger partial charge in [0.15, 0.2) is 11.3 Å². The molecule has 6 nitrogen and oxygen atoms in total. The fourth-order valence-corrected chi connectivity index (χ4v) is 5.21. The summed E-state index contributed by atoms with van der Waals surface area (Å²) in [6.45, 7) is 0.846. The number of alkyl halides is 5. The van der Waals surface area contributed by atoms with E-state index in [1.54, 1.807) is 4.90 Å². The van der Waals surface area contributed by atoms with Gasteiger partial charge in [0.25, 0.3) is 12.3 Å². The predicted octanol–water partition coefficient (Wildman–Crippen LogP) is 5.08. The number of anilines is 1. The third-order valence-corrected chi connectivity index (χ3v) is 6.92. The Morgan fingerprint density at radius 3 is 2.41 bits per heavy atom. The zero-order valence-electron chi connectivity index (χ0n) is 16.8. The molecule has 2 fully saturated rings. The summed E-state index contributed by atoms with van der Waals surface area (Å²) < 4.78 is 66.2. The molecule has 32 heavy (non-hydrogen) atoms. The van der Waals surface area contributed by atoms with Gasteiger partial charge in [-0.15, -0.1) is 11.3 Å². The van der Waals surface area contributed by atoms with Crippen LogP contribution in [0.5, 0.6) is 0 Å². The van der Waals surface area contributed by atoms with Gasteiger partial charge in [-0.1, -0.05) is 0 Å². The molecular formula is C20H19F5N4O2S. The van der Waals surface area contributed by atoms with E-state index in [1.807, 2.05) is 0 Å². The van der Waals surface area contributed by atoms with Gasteiger partial charge < -0.3 is 10.2 Å². The zero-order valence-corrected chi connectivity index (χ0v) is 17.6. The minimum absolute atomic E-state index is 0.0528. The number of aromatic nitrogens is 2. The topological polar surface area (TPSA) is 75.2 Å². The van der Waals surface area contributed by atoms with E-state index in [-0.39, 0.29) is 39.0 Å². The second kappa shape index (κ2) is 8.38. The van der Waals surface area contributed by atoms with E-state index in [4.69, 9.17) is 0 Å². The monoisotopic (exact) mass is 474 g/mol. The van der Waals surface area contributed by atoms with Crippen LogP contribution >= 0.6 is 11.3 Å². The normalized spacial score (nSPS) is 21.3. The average molecular weight is 474 g/mol. The number of fused-ring (bicyclic) bond motifs is 2. The Labute approximate surface area is 183 Å². The van der Waals surface area contributed by atoms with E-state index in [1.165, 1.54) is 0 Å². The smallest absolute Gasteiger partial charge is 0.359 e. The first kappa shape index (κ1) is 22.6. The molecule has 1 N–H and O–H groups in total. The summed E-state index contributed by atoms with van der Waals surface area (Å²) in [4.78, 5) is 34.3. The van der Waals surface area contributed by atoms with Gasteiger partial charge in [0.1, 0.15) is 17.6 Å². The summed E-state index contributed by atoms with van der Waals surface area (Å²) in [5, 5.41) is 2.01. The molecule has 0 aromatic carbocycles. The van der Waals surface area contributed by atoms with Gasteiger partial charge in [-0.2, -0.15) is 13.2 Å². The standard InChI is InChI=1S/C20H19F5N4O2S/c1-9(20(23,24)25)27-14-6-12(18(21)22)13(7-26-14)17-16(28-15(8-30)32-17)19(31)29-10-2-3-11(29)5-4-10/h6-11,18H,2-5H2,1H3,(H,26,27)/t9-,10?,11?/m0/s1. The molecule has 4 heterocycles. The molecule has 12 heteroatoms. The summed E-state index contributed by atoms with van der Waals surface area (Å²) in [6.07, 6.45) is -2.78. The first-order chi connectivity index (χ1) is 15.1. The number of rotatable bonds is 6. The molecule has 4 rings (SSSR count). The number of nitrogens with one attached hydrogen (secondary N) is 1. The zero-order chi connectivity index (χ0) is 23.2. The second-order valence-electron chi connectivity index (χ2n) is 7.89. The van der Waals surface area contributed by atoms with Gasteiger partial charge in [-0.3, -0.25) is 9.59 Å². The second-order valence-corrected chi connectivity index (χ2v) is 8.92. The summed E-state index contributed by atoms with van der Waals surface area (Å²) in [7, 11) is 0. The summed E-state index contributed by atoms with van der Waals surface area (Å²) >= 11 is 0.778. The first-order valence-corrected chi connectivity index (χ1v) is 10.8. The molecule has 0 unspecified atom stereocenters. The molecule has 172 valence electrons. The quantitative estimate of drug-likeness (QED) is 0.467. The summed E-state index contributed by atoms with van der Waals surface area (Å²) in [5.41, 5.74) is -0.842. The van der Waals surface area contributed by atoms with Crippen molar-refractivity contribution in [3.8, 4) is 10.4 Å². The number of hydrogen-bond acceptors (Lipinski definition) is 6. The molecule has 0 radical (unpaired) electrons. The van der Waals surface area contributed by atoms with Crippen molar-refractivity contribution in [2.45, 2.75) is 63.3 Å². The van der Waals surface area contributed by atoms with E-state index in [9.17, 15) is 31.5 Å². The van der Waals surface area contributed by atoms with Gasteiger partial charge in [0, 0.05) is 29.4 Å². The van der Waals surface area contributed by atoms with Crippen LogP contribution < -0.4 is 5.32 Å². The van der Waals surface area contributed by atoms with Crippen LogP contribution in [0.3, 0.4) is 0 Å². The highest BCUT2D eigenvalue weighted by Gasteiger charge is 2.44. The third-order valence-electron chi connectivity index (χ3n) is 5.91. The Bertz CT molecular complexity index is 1020. The lowest BCUT2D eigenvalue weighted by molar-refractivity contribution is -0.138. The van der Waals surface area contributed by atoms with E-state index < -0.39 is 30.1 Å². The number of amides is 1. The Morgan fingerprint density at radius 2 is 1.88 bits per heavy atom. The maximum absolute atomic E-state index is 13.9. The van der Waals surface area contributed by atoms with Crippen molar-refractivity contribution in [1.29, 1.82) is 0 Å². The number of pyridine rings is 1. The number of hydrogen-bond donors (Lipinski definition) is 1. The molecule has 2 aliphatic rings. The Kier molecular flexibility index (Phi) is 5.91. The molecule has 2 aromatic heterocycles. The molecular weight excluding hydrogens is 455 g/mol. The van der Waals surface area contributed by atoms with Crippen molar-refractivity contribution >= 4 is 29.3 Å². The molecule has 0 aliphatic carbocycles. The molecule has 2 saturated heterocycles. The molecule has 1 atom stereocenters. The lowest BCUT2D eigenvalue weighted by Gasteiger charge is -2.22. The minimum Gasteiger partial charge on any atom is -0.359 e. The van der Waals surface area contributed by atoms with E-state index in [0.29, 0.717) is 6.29 Å². The van der Waals surface area contributed by atoms with Gasteiger partial charge in [0.2, 0.25) is 0 Å². The Balaban J connectivity index is 1.73. The molecule has 2 bridgehead atoms. The molecule has 1 amide bonds. The number of aldehydes is 1. The molecule has 0 spiro atoms. The van der Waals surface area contributed by atoms with Crippen molar-refractivity contribution in [3.05, 3.63) is 28.5 Å². The van der Waals surface area contributed by atoms with Crippen LogP contribution in [0.15, 0.2) is 12.3 Å². The fourth-order valence-electron chi connectivity index (χ4n) is 4.31. The van der Waals surface area contributed by atoms with Crippen LogP contribution in [-0.2, 0) is 0 Å². The highest BCUT2D eigenvalue weighted by Crippen LogP contribution is 2.42. The van der Waals surface area contributed by atoms with Gasteiger partial charge >= 0.3 is 6.18 Å². The fraction of sp³-hybridized carbons (Fsp3) is 0.500. The summed E-state index contributed by atoms with van der Waals surface area (Å²) in [6, 6.07) is -1.05. The van der Waals surface area contributed by atoms with E-state index in [0.717, 1.165) is 56.2 Å². The van der Waals surface area contributed by atoms with Gasteiger partial charge in [-0.25, -0.2) is 18.7 Å². The first-order valence-electron chi connectivity index (χ1n) is 10.0. The number of thiazole rings is 1. The van der Waals surface area contributed by atoms with Crippen molar-refractivity contribution in [2.75, 3.05) is 5.32 Å². The van der Waals surface area contributed by atoms with Crippen LogP contribution in [0.4, 0.5) is 27.8 Å². The van der Waals surface area contributed by atoms with Gasteiger partial charge in [0.05, 0.1) is 4.88 Å². The van der Waals surface area contributed by atoms with Crippen LogP contribution in [-0.4, -0.2) is 51.4 Å². The minimum atomic E-state index is -4.59. The maximum Gasteiger partial charge on any atom is 0.408 e. The van der Waals surface area contributed by atoms with Crippen molar-refractivity contribution in [1.82, 2.24) is 14.9 Å². The number of nitrogens with zero attached hydrogens (tertiary/aromatic N) is 3. The Morgan fingerprint density at radius 1 is 1.25 bits per heavy atom. The average Bonchev–Trinajstić information content (AvgIpc) is 3.46. The van der Waals surface area contributed by atoms with Crippen LogP contribution in [0, 0.1) is 0 Å². The number of halogens is 5. The lowest BCUT2D eigenvalue weighted by atomic mass is 10.0. The van der Waals surface area contributed by atoms with Crippen molar-refractivity contribution < 1.29 is 31.5 Å². The van der Waals surface area contributed by atoms with E-state index >= 15 is 0 Å². The van der Waals surface area contributed by atoms with Crippen LogP contribution in [0.2, 0.25) is 0 Å². The Hall–Kier alpha value is -2.63. The maximum atomic E-state index is 13.9.